The Morgan fingerprint density at radius 1 is 1.07 bits per heavy atom. The molecule has 2 aromatic carbocycles. The molecule has 0 radical (unpaired) electrons. The summed E-state index contributed by atoms with van der Waals surface area (Å²) in [6.07, 6.45) is -4.51. The predicted molar refractivity (Wildman–Crippen MR) is 101 cm³/mol. The third kappa shape index (κ3) is 5.32. The van der Waals surface area contributed by atoms with Crippen molar-refractivity contribution in [2.24, 2.45) is 0 Å². The number of nitrogens with zero attached hydrogens (tertiary/aromatic N) is 1. The topological polar surface area (TPSA) is 61.4 Å². The van der Waals surface area contributed by atoms with Crippen molar-refractivity contribution >= 4 is 33.2 Å². The van der Waals surface area contributed by atoms with E-state index in [-0.39, 0.29) is 30.4 Å². The van der Waals surface area contributed by atoms with Crippen molar-refractivity contribution in [2.45, 2.75) is 17.1 Å². The first kappa shape index (κ1) is 21.9. The number of fused-ring (bicyclic) bond motifs is 1. The minimum Gasteiger partial charge on any atom is -0.314 e. The summed E-state index contributed by atoms with van der Waals surface area (Å²) >= 11 is 0. The average molecular weight is 424 g/mol. The van der Waals surface area contributed by atoms with Gasteiger partial charge in [0.1, 0.15) is 6.04 Å². The zero-order valence-electron chi connectivity index (χ0n) is 14.4. The Kier molecular flexibility index (Phi) is 7.09. The smallest absolute Gasteiger partial charge is 0.314 e. The molecule has 1 heterocycles. The Morgan fingerprint density at radius 2 is 1.70 bits per heavy atom. The lowest BCUT2D eigenvalue weighted by atomic mass is 10.1. The van der Waals surface area contributed by atoms with Crippen LogP contribution in [-0.2, 0) is 10.0 Å². The summed E-state index contributed by atoms with van der Waals surface area (Å²) in [6.45, 7) is 0.635. The Balaban J connectivity index is 0.00000261. The number of sulfonamides is 1. The highest BCUT2D eigenvalue weighted by molar-refractivity contribution is 7.89. The van der Waals surface area contributed by atoms with E-state index in [1.807, 2.05) is 12.1 Å². The second-order valence-corrected chi connectivity index (χ2v) is 7.97. The predicted octanol–water partition coefficient (Wildman–Crippen LogP) is 2.38. The molecule has 1 fully saturated rings. The molecule has 0 aromatic heterocycles. The number of hydrogen-bond donors (Lipinski definition) is 2. The first-order chi connectivity index (χ1) is 12.3. The number of halogens is 4. The van der Waals surface area contributed by atoms with Gasteiger partial charge in [-0.2, -0.15) is 13.2 Å². The molecule has 0 spiro atoms. The Hall–Kier alpha value is -1.39. The summed E-state index contributed by atoms with van der Waals surface area (Å²) in [5.74, 6) is 0. The number of nitrogens with one attached hydrogen (secondary N) is 2. The molecule has 1 saturated heterocycles. The number of hydrogen-bond acceptors (Lipinski definition) is 4. The normalized spacial score (nSPS) is 17.4. The quantitative estimate of drug-likeness (QED) is 0.775. The molecular formula is C17H21ClF3N3O2S. The van der Waals surface area contributed by atoms with Gasteiger partial charge in [-0.25, -0.2) is 13.1 Å². The molecule has 1 aliphatic rings. The molecule has 27 heavy (non-hydrogen) atoms. The van der Waals surface area contributed by atoms with Crippen molar-refractivity contribution in [1.82, 2.24) is 14.9 Å². The van der Waals surface area contributed by atoms with E-state index in [1.54, 1.807) is 18.2 Å². The van der Waals surface area contributed by atoms with E-state index in [1.165, 1.54) is 17.0 Å². The van der Waals surface area contributed by atoms with Crippen LogP contribution >= 0.6 is 12.4 Å². The highest BCUT2D eigenvalue weighted by Gasteiger charge is 2.44. The van der Waals surface area contributed by atoms with Gasteiger partial charge in [-0.15, -0.1) is 12.4 Å². The van der Waals surface area contributed by atoms with Crippen molar-refractivity contribution in [2.75, 3.05) is 32.7 Å². The van der Waals surface area contributed by atoms with Crippen LogP contribution in [0.1, 0.15) is 0 Å². The van der Waals surface area contributed by atoms with Gasteiger partial charge in [0.2, 0.25) is 10.0 Å². The van der Waals surface area contributed by atoms with E-state index in [4.69, 9.17) is 0 Å². The number of piperazine rings is 1. The second kappa shape index (κ2) is 8.74. The Labute approximate surface area is 162 Å². The number of benzene rings is 2. The second-order valence-electron chi connectivity index (χ2n) is 6.20. The average Bonchev–Trinajstić information content (AvgIpc) is 2.61. The molecule has 0 saturated carbocycles. The highest BCUT2D eigenvalue weighted by atomic mass is 35.5. The molecule has 2 aromatic rings. The lowest BCUT2D eigenvalue weighted by Gasteiger charge is -2.35. The number of rotatable bonds is 5. The van der Waals surface area contributed by atoms with E-state index < -0.39 is 28.8 Å². The van der Waals surface area contributed by atoms with Crippen LogP contribution in [0.2, 0.25) is 0 Å². The SMILES string of the molecule is Cl.O=S(=O)(NCC(N1CCNCC1)C(F)(F)F)c1ccc2ccccc2c1. The zero-order chi connectivity index (χ0) is 18.8. The van der Waals surface area contributed by atoms with Gasteiger partial charge in [0.05, 0.1) is 4.90 Å². The van der Waals surface area contributed by atoms with Crippen LogP contribution in [-0.4, -0.2) is 58.3 Å². The zero-order valence-corrected chi connectivity index (χ0v) is 16.0. The van der Waals surface area contributed by atoms with Gasteiger partial charge in [0, 0.05) is 32.7 Å². The summed E-state index contributed by atoms with van der Waals surface area (Å²) < 4.78 is 67.3. The molecule has 3 rings (SSSR count). The molecule has 1 aliphatic heterocycles. The molecule has 0 bridgehead atoms. The fourth-order valence-corrected chi connectivity index (χ4v) is 4.13. The van der Waals surface area contributed by atoms with Crippen molar-refractivity contribution in [3.05, 3.63) is 42.5 Å². The fourth-order valence-electron chi connectivity index (χ4n) is 3.05. The largest absolute Gasteiger partial charge is 0.405 e. The summed E-state index contributed by atoms with van der Waals surface area (Å²) in [4.78, 5) is 1.22. The molecule has 10 heteroatoms. The first-order valence-electron chi connectivity index (χ1n) is 8.27. The summed E-state index contributed by atoms with van der Waals surface area (Å²) in [5, 5.41) is 4.56. The summed E-state index contributed by atoms with van der Waals surface area (Å²) in [7, 11) is -4.04. The van der Waals surface area contributed by atoms with Crippen LogP contribution in [0.25, 0.3) is 10.8 Å². The number of alkyl halides is 3. The van der Waals surface area contributed by atoms with Gasteiger partial charge in [-0.05, 0) is 22.9 Å². The molecule has 0 aliphatic carbocycles. The Bertz CT molecular complexity index is 871. The van der Waals surface area contributed by atoms with E-state index in [0.29, 0.717) is 18.5 Å². The lowest BCUT2D eigenvalue weighted by Crippen LogP contribution is -2.57. The van der Waals surface area contributed by atoms with E-state index >= 15 is 0 Å². The maximum absolute atomic E-state index is 13.4. The maximum atomic E-state index is 13.4. The van der Waals surface area contributed by atoms with Gasteiger partial charge in [0.25, 0.3) is 0 Å². The lowest BCUT2D eigenvalue weighted by molar-refractivity contribution is -0.182. The highest BCUT2D eigenvalue weighted by Crippen LogP contribution is 2.25. The third-order valence-electron chi connectivity index (χ3n) is 4.47. The molecule has 150 valence electrons. The van der Waals surface area contributed by atoms with Crippen molar-refractivity contribution in [3.8, 4) is 0 Å². The van der Waals surface area contributed by atoms with Gasteiger partial charge in [0.15, 0.2) is 0 Å². The minimum absolute atomic E-state index is 0. The monoisotopic (exact) mass is 423 g/mol. The van der Waals surface area contributed by atoms with E-state index in [2.05, 4.69) is 10.0 Å². The first-order valence-corrected chi connectivity index (χ1v) is 9.76. The standard InChI is InChI=1S/C17H20F3N3O2S.ClH/c18-17(19,20)16(23-9-7-21-8-10-23)12-22-26(24,25)15-6-5-13-3-1-2-4-14(13)11-15;/h1-6,11,16,21-22H,7-10,12H2;1H. The van der Waals surface area contributed by atoms with E-state index in [0.717, 1.165) is 5.39 Å². The molecule has 1 unspecified atom stereocenters. The molecule has 0 amide bonds. The summed E-state index contributed by atoms with van der Waals surface area (Å²) in [6, 6.07) is 9.85. The van der Waals surface area contributed by atoms with Crippen molar-refractivity contribution in [1.29, 1.82) is 0 Å². The third-order valence-corrected chi connectivity index (χ3v) is 5.89. The van der Waals surface area contributed by atoms with E-state index in [9.17, 15) is 21.6 Å². The van der Waals surface area contributed by atoms with Crippen LogP contribution in [0.15, 0.2) is 47.4 Å². The van der Waals surface area contributed by atoms with Gasteiger partial charge >= 0.3 is 6.18 Å². The van der Waals surface area contributed by atoms with Gasteiger partial charge in [-0.3, -0.25) is 4.90 Å². The Morgan fingerprint density at radius 3 is 2.33 bits per heavy atom. The fraction of sp³-hybridized carbons (Fsp3) is 0.412. The molecule has 2 N–H and O–H groups in total. The maximum Gasteiger partial charge on any atom is 0.405 e. The van der Waals surface area contributed by atoms with Crippen LogP contribution in [0.5, 0.6) is 0 Å². The van der Waals surface area contributed by atoms with Crippen LogP contribution < -0.4 is 10.0 Å². The van der Waals surface area contributed by atoms with Crippen molar-refractivity contribution in [3.63, 3.8) is 0 Å². The van der Waals surface area contributed by atoms with Gasteiger partial charge < -0.3 is 5.32 Å². The van der Waals surface area contributed by atoms with Crippen LogP contribution in [0.3, 0.4) is 0 Å². The molecule has 1 atom stereocenters. The van der Waals surface area contributed by atoms with Crippen LogP contribution in [0.4, 0.5) is 13.2 Å². The minimum atomic E-state index is -4.51. The van der Waals surface area contributed by atoms with Gasteiger partial charge in [-0.1, -0.05) is 30.3 Å². The summed E-state index contributed by atoms with van der Waals surface area (Å²) in [5.41, 5.74) is 0. The van der Waals surface area contributed by atoms with Crippen molar-refractivity contribution < 1.29 is 21.6 Å². The van der Waals surface area contributed by atoms with Crippen LogP contribution in [0, 0.1) is 0 Å². The molecular weight excluding hydrogens is 403 g/mol. The molecule has 5 nitrogen and oxygen atoms in total.